The number of hydrogen-bond donors (Lipinski definition) is 2. The van der Waals surface area contributed by atoms with Crippen molar-refractivity contribution in [2.45, 2.75) is 19.4 Å². The molecule has 6 atom stereocenters. The highest BCUT2D eigenvalue weighted by Crippen LogP contribution is 2.52. The van der Waals surface area contributed by atoms with Crippen LogP contribution >= 0.6 is 0 Å². The van der Waals surface area contributed by atoms with Gasteiger partial charge in [0, 0.05) is 48.5 Å². The van der Waals surface area contributed by atoms with Gasteiger partial charge in [-0.15, -0.1) is 0 Å². The van der Waals surface area contributed by atoms with Crippen molar-refractivity contribution in [3.63, 3.8) is 0 Å². The molecule has 166 valence electrons. The Labute approximate surface area is 183 Å². The van der Waals surface area contributed by atoms with E-state index >= 15 is 0 Å². The number of nitrogens with zero attached hydrogens (tertiary/aromatic N) is 1. The molecule has 2 heterocycles. The molecule has 0 amide bonds. The van der Waals surface area contributed by atoms with Gasteiger partial charge in [0.15, 0.2) is 0 Å². The minimum atomic E-state index is -0.329. The summed E-state index contributed by atoms with van der Waals surface area (Å²) in [4.78, 5) is 28.3. The molecule has 0 fully saturated rings. The summed E-state index contributed by atoms with van der Waals surface area (Å²) >= 11 is 0. The van der Waals surface area contributed by atoms with E-state index in [1.165, 1.54) is 14.2 Å². The van der Waals surface area contributed by atoms with Gasteiger partial charge in [-0.2, -0.15) is 0 Å². The Morgan fingerprint density at radius 3 is 2.52 bits per heavy atom. The van der Waals surface area contributed by atoms with Crippen LogP contribution in [0, 0.1) is 23.7 Å². The largest absolute Gasteiger partial charge is 0.466 e. The molecule has 0 aromatic carbocycles. The van der Waals surface area contributed by atoms with E-state index < -0.39 is 0 Å². The number of esters is 2. The lowest BCUT2D eigenvalue weighted by atomic mass is 9.69. The first-order chi connectivity index (χ1) is 14.8. The highest BCUT2D eigenvalue weighted by Gasteiger charge is 2.52. The third-order valence-electron chi connectivity index (χ3n) is 7.21. The molecule has 4 rings (SSSR count). The number of hydrogen-bond acceptors (Lipinski definition) is 6. The summed E-state index contributed by atoms with van der Waals surface area (Å²) in [5, 5.41) is 10.1. The molecule has 7 nitrogen and oxygen atoms in total. The first-order valence-corrected chi connectivity index (χ1v) is 10.7. The number of rotatable bonds is 4. The Morgan fingerprint density at radius 2 is 1.87 bits per heavy atom. The van der Waals surface area contributed by atoms with Crippen molar-refractivity contribution in [2.75, 3.05) is 34.9 Å². The fourth-order valence-electron chi connectivity index (χ4n) is 5.99. The fourth-order valence-corrected chi connectivity index (χ4v) is 5.99. The van der Waals surface area contributed by atoms with Crippen LogP contribution in [-0.2, 0) is 19.1 Å². The van der Waals surface area contributed by atoms with Crippen LogP contribution in [0.1, 0.15) is 13.3 Å². The molecule has 2 aliphatic heterocycles. The van der Waals surface area contributed by atoms with Gasteiger partial charge in [-0.05, 0) is 24.5 Å². The highest BCUT2D eigenvalue weighted by atomic mass is 16.5. The van der Waals surface area contributed by atoms with Crippen molar-refractivity contribution >= 4 is 11.9 Å². The van der Waals surface area contributed by atoms with Crippen molar-refractivity contribution in [3.8, 4) is 0 Å². The van der Waals surface area contributed by atoms with Crippen LogP contribution in [0.3, 0.4) is 0 Å². The Balaban J connectivity index is 1.80. The zero-order valence-corrected chi connectivity index (χ0v) is 18.7. The molecule has 0 aromatic rings. The van der Waals surface area contributed by atoms with E-state index in [0.29, 0.717) is 17.6 Å². The Kier molecular flexibility index (Phi) is 5.66. The number of quaternary nitrogens is 1. The molecule has 0 radical (unpaired) electrons. The summed E-state index contributed by atoms with van der Waals surface area (Å²) in [5.74, 6) is -0.824. The minimum Gasteiger partial charge on any atom is -0.466 e. The van der Waals surface area contributed by atoms with Crippen LogP contribution < -0.4 is 4.90 Å². The summed E-state index contributed by atoms with van der Waals surface area (Å²) in [6.45, 7) is 2.04. The van der Waals surface area contributed by atoms with Crippen LogP contribution in [-0.4, -0.2) is 62.9 Å². The van der Waals surface area contributed by atoms with Crippen molar-refractivity contribution in [2.24, 2.45) is 23.7 Å². The second kappa shape index (κ2) is 8.13. The quantitative estimate of drug-likeness (QED) is 0.505. The first kappa shape index (κ1) is 21.6. The van der Waals surface area contributed by atoms with E-state index in [-0.39, 0.29) is 48.3 Å². The molecule has 0 saturated carbocycles. The van der Waals surface area contributed by atoms with Gasteiger partial charge >= 0.3 is 11.9 Å². The van der Waals surface area contributed by atoms with Gasteiger partial charge < -0.3 is 19.5 Å². The van der Waals surface area contributed by atoms with Gasteiger partial charge in [-0.3, -0.25) is 4.90 Å². The van der Waals surface area contributed by atoms with Crippen molar-refractivity contribution in [3.05, 3.63) is 58.6 Å². The maximum atomic E-state index is 12.7. The molecule has 2 N–H and O–H groups in total. The second-order valence-corrected chi connectivity index (χ2v) is 8.88. The number of carbonyl (C=O) groups excluding carboxylic acids is 2. The number of carbonyl (C=O) groups is 2. The highest BCUT2D eigenvalue weighted by molar-refractivity contribution is 5.91. The standard InChI is InChI=1S/C24H30N2O5/c1-13-8-16(21-17(13)9-25(2)10-19(21)24(29)31-5)22-20-14(12-27)6-7-15(20)18(11-26(22)3)23(28)30-4/h6,8-11,15-16,20-22,27H,7,12H2,1-5H3/p+1/t15-,16?,20-,21?,22?/m1/s1. The van der Waals surface area contributed by atoms with Gasteiger partial charge in [0.2, 0.25) is 0 Å². The summed E-state index contributed by atoms with van der Waals surface area (Å²) in [6, 6.07) is -0.0170. The molecule has 4 unspecified atom stereocenters. The Hall–Kier alpha value is -2.64. The van der Waals surface area contributed by atoms with Gasteiger partial charge in [0.25, 0.3) is 0 Å². The molecule has 0 spiro atoms. The van der Waals surface area contributed by atoms with Gasteiger partial charge in [0.05, 0.1) is 39.0 Å². The number of aliphatic hydroxyl groups is 1. The predicted molar refractivity (Wildman–Crippen MR) is 114 cm³/mol. The van der Waals surface area contributed by atoms with Crippen LogP contribution in [0.25, 0.3) is 0 Å². The van der Waals surface area contributed by atoms with Crippen LogP contribution in [0.15, 0.2) is 58.6 Å². The second-order valence-electron chi connectivity index (χ2n) is 8.88. The van der Waals surface area contributed by atoms with E-state index in [1.54, 1.807) is 0 Å². The SMILES string of the molecule is COC(=O)C1=C[NH+](C)C=C2C(C)=CC(C3[C@@H]4C(CO)=CC[C@@H]4C(C(=O)OC)=CN3C)C12. The zero-order valence-electron chi connectivity index (χ0n) is 18.7. The summed E-state index contributed by atoms with van der Waals surface area (Å²) in [6.07, 6.45) is 11.0. The molecule has 0 saturated heterocycles. The summed E-state index contributed by atoms with van der Waals surface area (Å²) in [5.41, 5.74) is 4.55. The van der Waals surface area contributed by atoms with Crippen LogP contribution in [0.4, 0.5) is 0 Å². The maximum absolute atomic E-state index is 12.7. The molecular weight excluding hydrogens is 396 g/mol. The number of methoxy groups -OCH3 is 2. The minimum absolute atomic E-state index is 0.00527. The molecule has 0 aromatic heterocycles. The molecular formula is C24H31N2O5+. The summed E-state index contributed by atoms with van der Waals surface area (Å²) < 4.78 is 10.2. The zero-order chi connectivity index (χ0) is 22.4. The maximum Gasteiger partial charge on any atom is 0.339 e. The van der Waals surface area contributed by atoms with E-state index in [2.05, 4.69) is 30.2 Å². The fraction of sp³-hybridized carbons (Fsp3) is 0.500. The first-order valence-electron chi connectivity index (χ1n) is 10.7. The van der Waals surface area contributed by atoms with E-state index in [0.717, 1.165) is 21.6 Å². The molecule has 4 aliphatic rings. The lowest BCUT2D eigenvalue weighted by Crippen LogP contribution is -3.00. The molecule has 7 heteroatoms. The third kappa shape index (κ3) is 3.36. The Bertz CT molecular complexity index is 957. The number of aliphatic hydroxyl groups excluding tert-OH is 1. The normalized spacial score (nSPS) is 34.0. The van der Waals surface area contributed by atoms with Crippen molar-refractivity contribution < 1.29 is 29.1 Å². The number of allylic oxidation sites excluding steroid dienone is 3. The van der Waals surface area contributed by atoms with E-state index in [1.807, 2.05) is 26.5 Å². The number of ether oxygens (including phenoxy) is 2. The van der Waals surface area contributed by atoms with E-state index in [9.17, 15) is 14.7 Å². The van der Waals surface area contributed by atoms with Crippen LogP contribution in [0.2, 0.25) is 0 Å². The van der Waals surface area contributed by atoms with Gasteiger partial charge in [0.1, 0.15) is 12.4 Å². The molecule has 0 bridgehead atoms. The number of nitrogens with one attached hydrogen (secondary N) is 1. The average molecular weight is 428 g/mol. The predicted octanol–water partition coefficient (Wildman–Crippen LogP) is 0.574. The Morgan fingerprint density at radius 1 is 1.19 bits per heavy atom. The smallest absolute Gasteiger partial charge is 0.339 e. The van der Waals surface area contributed by atoms with Crippen molar-refractivity contribution in [1.29, 1.82) is 0 Å². The number of fused-ring (bicyclic) bond motifs is 2. The molecule has 31 heavy (non-hydrogen) atoms. The van der Waals surface area contributed by atoms with Gasteiger partial charge in [-0.1, -0.05) is 12.2 Å². The lowest BCUT2D eigenvalue weighted by molar-refractivity contribution is -0.768. The lowest BCUT2D eigenvalue weighted by Gasteiger charge is -2.46. The average Bonchev–Trinajstić information content (AvgIpc) is 3.33. The third-order valence-corrected chi connectivity index (χ3v) is 7.21. The topological polar surface area (TPSA) is 80.5 Å². The van der Waals surface area contributed by atoms with Crippen LogP contribution in [0.5, 0.6) is 0 Å². The summed E-state index contributed by atoms with van der Waals surface area (Å²) in [7, 11) is 6.76. The van der Waals surface area contributed by atoms with Crippen molar-refractivity contribution in [1.82, 2.24) is 4.90 Å². The molecule has 2 aliphatic carbocycles. The monoisotopic (exact) mass is 427 g/mol. The van der Waals surface area contributed by atoms with E-state index in [4.69, 9.17) is 9.47 Å². The van der Waals surface area contributed by atoms with Gasteiger partial charge in [-0.25, -0.2) is 9.59 Å².